The summed E-state index contributed by atoms with van der Waals surface area (Å²) in [6.45, 7) is 14.7. The molecule has 0 aromatic carbocycles. The maximum absolute atomic E-state index is 14.2. The smallest absolute Gasteiger partial charge is 0.349 e. The number of pyridine rings is 3. The van der Waals surface area contributed by atoms with Crippen molar-refractivity contribution in [3.05, 3.63) is 81.8 Å². The number of aromatic nitrogens is 5. The molecule has 4 aromatic rings. The molecule has 1 aliphatic carbocycles. The minimum Gasteiger partial charge on any atom is -0.349 e. The minimum atomic E-state index is -0.445. The number of amides is 1. The Labute approximate surface area is 256 Å². The molecule has 222 valence electrons. The van der Waals surface area contributed by atoms with Crippen molar-refractivity contribution >= 4 is 34.4 Å². The first kappa shape index (κ1) is 29.0. The van der Waals surface area contributed by atoms with Crippen LogP contribution < -0.4 is 10.6 Å². The Hall–Kier alpha value is -4.11. The molecule has 10 heteroatoms. The third kappa shape index (κ3) is 5.09. The lowest BCUT2D eigenvalue weighted by molar-refractivity contribution is -0.128. The van der Waals surface area contributed by atoms with E-state index in [-0.39, 0.29) is 23.9 Å². The highest BCUT2D eigenvalue weighted by atomic mass is 35.5. The molecule has 2 aliphatic rings. The summed E-state index contributed by atoms with van der Waals surface area (Å²) in [5.74, 6) is 0.825. The van der Waals surface area contributed by atoms with E-state index in [4.69, 9.17) is 16.6 Å². The molecule has 6 rings (SSSR count). The topological polar surface area (TPSA) is 97.1 Å². The molecule has 0 N–H and O–H groups in total. The molecule has 1 aliphatic heterocycles. The molecule has 0 unspecified atom stereocenters. The van der Waals surface area contributed by atoms with Crippen molar-refractivity contribution in [3.63, 3.8) is 0 Å². The van der Waals surface area contributed by atoms with Crippen LogP contribution in [0.4, 0.5) is 5.82 Å². The number of fused-ring (bicyclic) bond motifs is 1. The van der Waals surface area contributed by atoms with E-state index in [1.54, 1.807) is 21.9 Å². The van der Waals surface area contributed by atoms with E-state index in [1.165, 1.54) is 6.08 Å². The Balaban J connectivity index is 1.63. The van der Waals surface area contributed by atoms with Gasteiger partial charge in [0, 0.05) is 49.0 Å². The van der Waals surface area contributed by atoms with Gasteiger partial charge >= 0.3 is 5.69 Å². The normalized spacial score (nSPS) is 18.9. The quantitative estimate of drug-likeness (QED) is 0.259. The first-order valence-electron chi connectivity index (χ1n) is 14.8. The molecule has 1 saturated heterocycles. The molecule has 2 atom stereocenters. The van der Waals surface area contributed by atoms with Crippen LogP contribution >= 0.6 is 11.6 Å². The SMILES string of the molecule is C=CC(=O)N1C[C@H](C)N(c2nc(=O)n(-c3c(C)ccnc3C(C)C)c3nc(-c4cccnc4C4CC4)c(Cl)cc23)C[C@H]1C. The van der Waals surface area contributed by atoms with Gasteiger partial charge in [0.05, 0.1) is 33.2 Å². The molecule has 43 heavy (non-hydrogen) atoms. The van der Waals surface area contributed by atoms with Crippen LogP contribution in [-0.4, -0.2) is 60.5 Å². The van der Waals surface area contributed by atoms with Crippen LogP contribution in [0.5, 0.6) is 0 Å². The number of hydrogen-bond acceptors (Lipinski definition) is 7. The molecule has 0 bridgehead atoms. The van der Waals surface area contributed by atoms with Crippen LogP contribution in [0.1, 0.15) is 69.3 Å². The van der Waals surface area contributed by atoms with Crippen LogP contribution in [0.25, 0.3) is 28.0 Å². The first-order chi connectivity index (χ1) is 20.6. The third-order valence-electron chi connectivity index (χ3n) is 8.50. The van der Waals surface area contributed by atoms with Gasteiger partial charge in [-0.2, -0.15) is 4.98 Å². The minimum absolute atomic E-state index is 0.0550. The fraction of sp³-hybridized carbons (Fsp3) is 0.394. The van der Waals surface area contributed by atoms with E-state index in [9.17, 15) is 9.59 Å². The first-order valence-corrected chi connectivity index (χ1v) is 15.2. The Morgan fingerprint density at radius 1 is 1.09 bits per heavy atom. The van der Waals surface area contributed by atoms with Crippen molar-refractivity contribution < 1.29 is 4.79 Å². The predicted octanol–water partition coefficient (Wildman–Crippen LogP) is 5.81. The van der Waals surface area contributed by atoms with Crippen LogP contribution in [0.15, 0.2) is 54.1 Å². The van der Waals surface area contributed by atoms with Crippen LogP contribution in [-0.2, 0) is 4.79 Å². The molecule has 1 amide bonds. The van der Waals surface area contributed by atoms with Crippen molar-refractivity contribution in [2.75, 3.05) is 18.0 Å². The molecule has 5 heterocycles. The summed E-state index contributed by atoms with van der Waals surface area (Å²) in [5, 5.41) is 1.12. The monoisotopic (exact) mass is 597 g/mol. The van der Waals surface area contributed by atoms with E-state index in [2.05, 4.69) is 40.3 Å². The summed E-state index contributed by atoms with van der Waals surface area (Å²) in [7, 11) is 0. The number of hydrogen-bond donors (Lipinski definition) is 0. The molecule has 0 radical (unpaired) electrons. The largest absolute Gasteiger partial charge is 0.355 e. The molecular weight excluding hydrogens is 562 g/mol. The number of carbonyl (C=O) groups is 1. The molecule has 9 nitrogen and oxygen atoms in total. The molecule has 1 saturated carbocycles. The lowest BCUT2D eigenvalue weighted by Gasteiger charge is -2.44. The van der Waals surface area contributed by atoms with Crippen molar-refractivity contribution in [2.45, 2.75) is 71.4 Å². The number of piperazine rings is 1. The molecule has 0 spiro atoms. The van der Waals surface area contributed by atoms with Crippen molar-refractivity contribution in [2.24, 2.45) is 0 Å². The predicted molar refractivity (Wildman–Crippen MR) is 170 cm³/mol. The highest BCUT2D eigenvalue weighted by Crippen LogP contribution is 2.44. The molecular formula is C33H36ClN7O2. The van der Waals surface area contributed by atoms with Gasteiger partial charge in [-0.05, 0) is 75.4 Å². The maximum Gasteiger partial charge on any atom is 0.355 e. The zero-order chi connectivity index (χ0) is 30.6. The van der Waals surface area contributed by atoms with E-state index in [1.807, 2.05) is 45.0 Å². The summed E-state index contributed by atoms with van der Waals surface area (Å²) in [6.07, 6.45) is 7.07. The van der Waals surface area contributed by atoms with Gasteiger partial charge in [0.25, 0.3) is 0 Å². The summed E-state index contributed by atoms with van der Waals surface area (Å²) in [5.41, 5.74) is 4.82. The van der Waals surface area contributed by atoms with Crippen LogP contribution in [0, 0.1) is 6.92 Å². The van der Waals surface area contributed by atoms with Crippen LogP contribution in [0.3, 0.4) is 0 Å². The van der Waals surface area contributed by atoms with Gasteiger partial charge in [-0.1, -0.05) is 32.0 Å². The van der Waals surface area contributed by atoms with Gasteiger partial charge < -0.3 is 9.80 Å². The second-order valence-corrected chi connectivity index (χ2v) is 12.4. The Morgan fingerprint density at radius 2 is 1.86 bits per heavy atom. The van der Waals surface area contributed by atoms with Gasteiger partial charge in [0.2, 0.25) is 5.91 Å². The number of carbonyl (C=O) groups excluding carboxylic acids is 1. The zero-order valence-electron chi connectivity index (χ0n) is 25.2. The van der Waals surface area contributed by atoms with Gasteiger partial charge in [-0.25, -0.2) is 14.3 Å². The molecule has 2 fully saturated rings. The second-order valence-electron chi connectivity index (χ2n) is 12.0. The van der Waals surface area contributed by atoms with Gasteiger partial charge in [-0.15, -0.1) is 0 Å². The average molecular weight is 598 g/mol. The maximum atomic E-state index is 14.2. The second kappa shape index (κ2) is 11.2. The zero-order valence-corrected chi connectivity index (χ0v) is 26.0. The van der Waals surface area contributed by atoms with Crippen LogP contribution in [0.2, 0.25) is 5.02 Å². The third-order valence-corrected chi connectivity index (χ3v) is 8.79. The van der Waals surface area contributed by atoms with E-state index in [0.717, 1.165) is 35.4 Å². The summed E-state index contributed by atoms with van der Waals surface area (Å²) in [4.78, 5) is 49.8. The fourth-order valence-electron chi connectivity index (χ4n) is 6.15. The highest BCUT2D eigenvalue weighted by molar-refractivity contribution is 6.34. The number of anilines is 1. The number of rotatable bonds is 6. The average Bonchev–Trinajstić information content (AvgIpc) is 3.83. The van der Waals surface area contributed by atoms with Gasteiger partial charge in [0.1, 0.15) is 5.82 Å². The van der Waals surface area contributed by atoms with Gasteiger partial charge in [0.15, 0.2) is 5.65 Å². The Kier molecular flexibility index (Phi) is 7.54. The van der Waals surface area contributed by atoms with Gasteiger partial charge in [-0.3, -0.25) is 14.8 Å². The van der Waals surface area contributed by atoms with E-state index in [0.29, 0.717) is 52.3 Å². The lowest BCUT2D eigenvalue weighted by Crippen LogP contribution is -2.58. The lowest BCUT2D eigenvalue weighted by atomic mass is 10.0. The summed E-state index contributed by atoms with van der Waals surface area (Å²) < 4.78 is 1.59. The molecule has 4 aromatic heterocycles. The van der Waals surface area contributed by atoms with Crippen molar-refractivity contribution in [1.82, 2.24) is 29.4 Å². The Bertz CT molecular complexity index is 1810. The standard InChI is InChI=1S/C33H36ClN7O2/c1-7-26(42)39-16-21(6)40(17-20(39)5)31-24-15-25(34)29(23-9-8-13-35-28(23)22-10-11-22)37-32(24)41(33(43)38-31)30-19(4)12-14-36-27(30)18(2)3/h7-9,12-15,18,20-22H,1,10-11,16-17H2,2-6H3/t20-,21+/m1/s1. The Morgan fingerprint density at radius 3 is 2.56 bits per heavy atom. The van der Waals surface area contributed by atoms with E-state index >= 15 is 0 Å². The van der Waals surface area contributed by atoms with E-state index < -0.39 is 5.69 Å². The van der Waals surface area contributed by atoms with Crippen molar-refractivity contribution in [1.29, 1.82) is 0 Å². The summed E-state index contributed by atoms with van der Waals surface area (Å²) >= 11 is 7.05. The van der Waals surface area contributed by atoms with Crippen molar-refractivity contribution in [3.8, 4) is 16.9 Å². The summed E-state index contributed by atoms with van der Waals surface area (Å²) in [6, 6.07) is 7.43. The number of nitrogens with zero attached hydrogens (tertiary/aromatic N) is 7. The number of aryl methyl sites for hydroxylation is 1. The fourth-order valence-corrected chi connectivity index (χ4v) is 6.40. The number of halogens is 1. The highest BCUT2D eigenvalue weighted by Gasteiger charge is 2.34.